The van der Waals surface area contributed by atoms with E-state index in [-0.39, 0.29) is 77.2 Å². The largest absolute Gasteiger partial charge is 0.480 e. The number of nitrogens with one attached hydrogen (secondary N) is 5. The van der Waals surface area contributed by atoms with Gasteiger partial charge in [0.05, 0.1) is 69.6 Å². The van der Waals surface area contributed by atoms with Crippen molar-refractivity contribution in [3.63, 3.8) is 0 Å². The molecule has 30 nitrogen and oxygen atoms in total. The molecule has 0 saturated carbocycles. The summed E-state index contributed by atoms with van der Waals surface area (Å²) in [7, 11) is 0. The van der Waals surface area contributed by atoms with E-state index >= 15 is 0 Å². The predicted octanol–water partition coefficient (Wildman–Crippen LogP) is 8.77. The summed E-state index contributed by atoms with van der Waals surface area (Å²) >= 11 is 14.7. The Morgan fingerprint density at radius 1 is 0.557 bits per heavy atom. The van der Waals surface area contributed by atoms with Crippen molar-refractivity contribution in [3.05, 3.63) is 185 Å². The monoisotopic (exact) mass is 1830 g/mol. The number of nitrogens with zero attached hydrogens (tertiary/aromatic N) is 9. The van der Waals surface area contributed by atoms with Gasteiger partial charge in [0.25, 0.3) is 5.91 Å². The number of halogens is 5. The molecule has 6 atom stereocenters. The number of amidine groups is 3. The number of hydrogen-bond acceptors (Lipinski definition) is 30. The number of ether oxygens (including phenoxy) is 7. The molecular weight excluding hydrogens is 1750 g/mol. The lowest BCUT2D eigenvalue weighted by Crippen LogP contribution is -2.56. The lowest BCUT2D eigenvalue weighted by Gasteiger charge is -2.37. The smallest absolute Gasteiger partial charge is 0.338 e. The fourth-order valence-electron chi connectivity index (χ4n) is 12.9. The normalized spacial score (nSPS) is 19.9. The van der Waals surface area contributed by atoms with Crippen molar-refractivity contribution in [2.45, 2.75) is 97.2 Å². The van der Waals surface area contributed by atoms with E-state index in [4.69, 9.17) is 53.2 Å². The minimum absolute atomic E-state index is 0.0943. The summed E-state index contributed by atoms with van der Waals surface area (Å²) in [6.07, 6.45) is 5.95. The number of amides is 2. The summed E-state index contributed by atoms with van der Waals surface area (Å²) in [5.41, 5.74) is 5.66. The molecule has 0 bridgehead atoms. The Labute approximate surface area is 699 Å². The van der Waals surface area contributed by atoms with Crippen LogP contribution in [0.25, 0.3) is 0 Å². The average Bonchev–Trinajstić information content (AvgIpc) is 1.55. The zero-order valence-electron chi connectivity index (χ0n) is 63.7. The number of carbonyl (C=O) groups is 8. The number of carbonyl (C=O) groups excluding carboxylic acids is 7. The van der Waals surface area contributed by atoms with Crippen molar-refractivity contribution in [2.24, 2.45) is 15.0 Å². The first kappa shape index (κ1) is 88.6. The van der Waals surface area contributed by atoms with Gasteiger partial charge in [0.2, 0.25) is 5.91 Å². The summed E-state index contributed by atoms with van der Waals surface area (Å²) in [6, 6.07) is 11.4. The van der Waals surface area contributed by atoms with E-state index in [2.05, 4.69) is 101 Å². The number of morpholine rings is 3. The van der Waals surface area contributed by atoms with Crippen LogP contribution in [0.15, 0.2) is 152 Å². The van der Waals surface area contributed by atoms with Gasteiger partial charge in [-0.2, -0.15) is 0 Å². The maximum absolute atomic E-state index is 14.0. The van der Waals surface area contributed by atoms with Crippen LogP contribution in [-0.4, -0.2) is 236 Å². The van der Waals surface area contributed by atoms with Gasteiger partial charge in [0, 0.05) is 124 Å². The number of rotatable bonds is 29. The van der Waals surface area contributed by atoms with Crippen molar-refractivity contribution >= 4 is 147 Å². The van der Waals surface area contributed by atoms with Crippen LogP contribution >= 0.6 is 81.8 Å². The number of Topliss-reactive ketones (excluding diaryl/α,β-unsaturated/α-hetero) is 1. The highest BCUT2D eigenvalue weighted by Crippen LogP contribution is 2.41. The number of hydrogen-bond donors (Lipinski definition) is 6. The second-order valence-corrected chi connectivity index (χ2v) is 31.4. The second kappa shape index (κ2) is 43.4. The van der Waals surface area contributed by atoms with Gasteiger partial charge in [-0.05, 0) is 93.6 Å². The van der Waals surface area contributed by atoms with Gasteiger partial charge in [-0.25, -0.2) is 38.1 Å². The molecule has 3 saturated heterocycles. The van der Waals surface area contributed by atoms with E-state index in [1.54, 1.807) is 63.8 Å². The fourth-order valence-corrected chi connectivity index (χ4v) is 16.5. The Hall–Kier alpha value is -8.80. The maximum Gasteiger partial charge on any atom is 0.338 e. The molecule has 2 amide bonds. The van der Waals surface area contributed by atoms with Gasteiger partial charge in [0.15, 0.2) is 38.3 Å². The SMILES string of the molecule is CCCCC(=O)C1CN(CC2=C(C(=O)OCC)C(c3ccc(F)cc3Br)N=C(c3nccs3)N2)CCO1.CCOC(=O)C1=C(CN2CCOC(C(=O)NCC(=O)O)C2)NC(c2nccs2)=NC1c1ccc(C)cc1Br.CCOC(=O)CNC(=O)C1COCCN1CC1=C(C(=O)OCC)C(c2ccc(F)cc2Br)N=C(c2nccs2)N1. The van der Waals surface area contributed by atoms with E-state index < -0.39 is 96.2 Å². The van der Waals surface area contributed by atoms with Crippen LogP contribution in [0.3, 0.4) is 0 Å². The first-order chi connectivity index (χ1) is 55.5. The zero-order valence-corrected chi connectivity index (χ0v) is 70.9. The highest BCUT2D eigenvalue weighted by Gasteiger charge is 2.41. The number of thiazole rings is 3. The Kier molecular flexibility index (Phi) is 33.4. The van der Waals surface area contributed by atoms with Crippen LogP contribution in [0.1, 0.15) is 109 Å². The molecule has 12 rings (SSSR count). The Morgan fingerprint density at radius 2 is 0.991 bits per heavy atom. The number of aryl methyl sites for hydroxylation is 1. The summed E-state index contributed by atoms with van der Waals surface area (Å²) in [4.78, 5) is 134. The summed E-state index contributed by atoms with van der Waals surface area (Å²) in [6.45, 7) is 15.0. The first-order valence-electron chi connectivity index (χ1n) is 37.0. The highest BCUT2D eigenvalue weighted by molar-refractivity contribution is 9.11. The third-order valence-electron chi connectivity index (χ3n) is 18.3. The zero-order chi connectivity index (χ0) is 82.2. The lowest BCUT2D eigenvalue weighted by molar-refractivity contribution is -0.145. The maximum atomic E-state index is 14.0. The molecule has 115 heavy (non-hydrogen) atoms. The molecule has 3 aromatic carbocycles. The van der Waals surface area contributed by atoms with Gasteiger partial charge in [-0.1, -0.05) is 85.4 Å². The third kappa shape index (κ3) is 24.0. The quantitative estimate of drug-likeness (QED) is 0.0189. The molecule has 6 aliphatic heterocycles. The van der Waals surface area contributed by atoms with Crippen molar-refractivity contribution in [1.82, 2.24) is 56.2 Å². The number of ketones is 1. The molecule has 3 fully saturated rings. The topological polar surface area (TPSA) is 367 Å². The predicted molar refractivity (Wildman–Crippen MR) is 435 cm³/mol. The lowest BCUT2D eigenvalue weighted by atomic mass is 9.94. The van der Waals surface area contributed by atoms with Crippen molar-refractivity contribution in [3.8, 4) is 0 Å². The van der Waals surface area contributed by atoms with E-state index in [9.17, 15) is 47.1 Å². The number of carboxylic acid groups (broad SMARTS) is 1. The van der Waals surface area contributed by atoms with E-state index in [0.29, 0.717) is 133 Å². The Morgan fingerprint density at radius 3 is 1.42 bits per heavy atom. The second-order valence-electron chi connectivity index (χ2n) is 26.2. The molecule has 0 radical (unpaired) electrons. The van der Waals surface area contributed by atoms with Crippen LogP contribution in [0.4, 0.5) is 8.78 Å². The minimum Gasteiger partial charge on any atom is -0.480 e. The molecule has 0 aliphatic carbocycles. The Bertz CT molecular complexity index is 4670. The fraction of sp³-hybridized carbons (Fsp3) is 0.429. The molecule has 6 N–H and O–H groups in total. The first-order valence-corrected chi connectivity index (χ1v) is 42.1. The average molecular weight is 1840 g/mol. The molecule has 38 heteroatoms. The van der Waals surface area contributed by atoms with E-state index in [0.717, 1.165) is 28.4 Å². The molecule has 6 aromatic rings. The number of carboxylic acids is 1. The number of unbranched alkanes of at least 4 members (excludes halogenated alkanes) is 1. The molecule has 0 spiro atoms. The molecule has 3 aromatic heterocycles. The summed E-state index contributed by atoms with van der Waals surface area (Å²) in [5, 5.41) is 31.1. The van der Waals surface area contributed by atoms with E-state index in [1.807, 2.05) is 45.7 Å². The van der Waals surface area contributed by atoms with Gasteiger partial charge in [0.1, 0.15) is 61.1 Å². The van der Waals surface area contributed by atoms with Crippen molar-refractivity contribution < 1.29 is 85.4 Å². The molecular formula is C77H87Br3F2N14O16S3. The number of aliphatic carboxylic acids is 1. The van der Waals surface area contributed by atoms with Crippen LogP contribution in [0.2, 0.25) is 0 Å². The molecule has 6 aliphatic rings. The molecule has 614 valence electrons. The molecule has 9 heterocycles. The van der Waals surface area contributed by atoms with Crippen molar-refractivity contribution in [1.29, 1.82) is 0 Å². The number of esters is 4. The number of benzene rings is 3. The van der Waals surface area contributed by atoms with Gasteiger partial charge < -0.3 is 64.8 Å². The number of aliphatic imine (C=N–C) groups is 3. The standard InChI is InChI=1S/C26H29BrFN5O6S.C26H30BrFN4O4S.C25H28BrN5O6S/c1-3-38-20(34)12-30-24(35)19-14-37-9-8-33(19)13-18-21(26(36)39-4-2)22(16-6-5-15(28)11-17(16)27)32-23(31-18)25-29-7-10-40-25;1-3-5-6-20(33)21-15-32(10-11-36-21)14-19-22(26(34)35-4-2)23(17-8-7-16(28)13-18(17)27)31-24(30-19)25-29-9-12-37-25;1-3-36-25(35)20-17(12-31-7-8-37-18(13-31)23(34)28-11-19(32)33)29-22(24-27-6-9-38-24)30-21(20)15-5-4-14(2)10-16(15)26/h5-7,10-11,19,22H,3-4,8-9,12-14H2,1-2H3,(H,30,35)(H,31,32);7-9,12-13,21,23H,3-6,10-11,14-15H2,1-2H3,(H,30,31);4-6,9-10,18,21H,3,7-8,11-13H2,1-2H3,(H,28,34)(H,29,30)(H,32,33). The van der Waals surface area contributed by atoms with Crippen LogP contribution in [-0.2, 0) is 71.5 Å². The minimum atomic E-state index is -1.14. The number of aromatic nitrogens is 3. The van der Waals surface area contributed by atoms with Crippen LogP contribution in [0, 0.1) is 18.6 Å². The van der Waals surface area contributed by atoms with Crippen LogP contribution < -0.4 is 26.6 Å². The van der Waals surface area contributed by atoms with E-state index in [1.165, 1.54) is 58.3 Å². The van der Waals surface area contributed by atoms with Gasteiger partial charge in [-0.15, -0.1) is 34.0 Å². The van der Waals surface area contributed by atoms with Gasteiger partial charge >= 0.3 is 29.8 Å². The summed E-state index contributed by atoms with van der Waals surface area (Å²) < 4.78 is 67.8. The van der Waals surface area contributed by atoms with Crippen molar-refractivity contribution in [2.75, 3.05) is 118 Å². The van der Waals surface area contributed by atoms with Crippen LogP contribution in [0.5, 0.6) is 0 Å². The summed E-state index contributed by atoms with van der Waals surface area (Å²) in [5.74, 6) is -3.44. The third-order valence-corrected chi connectivity index (χ3v) is 22.7. The molecule has 6 unspecified atom stereocenters. The Balaban J connectivity index is 0.000000182. The van der Waals surface area contributed by atoms with Gasteiger partial charge in [-0.3, -0.25) is 53.6 Å². The highest BCUT2D eigenvalue weighted by atomic mass is 79.9.